The van der Waals surface area contributed by atoms with Gasteiger partial charge in [-0.1, -0.05) is 23.7 Å². The van der Waals surface area contributed by atoms with Crippen molar-refractivity contribution >= 4 is 23.9 Å². The minimum Gasteiger partial charge on any atom is -0.443 e. The van der Waals surface area contributed by atoms with Crippen molar-refractivity contribution in [1.82, 2.24) is 5.43 Å². The Bertz CT molecular complexity index is 408. The maximum absolute atomic E-state index is 11.2. The molecule has 0 saturated carbocycles. The SMILES string of the molecule is CC(C)(C)OC(=O)N/N=C/c1ccc(Cl)cc1. The second kappa shape index (κ2) is 5.68. The third-order valence-electron chi connectivity index (χ3n) is 1.64. The third-order valence-corrected chi connectivity index (χ3v) is 1.89. The van der Waals surface area contributed by atoms with Gasteiger partial charge in [0.15, 0.2) is 0 Å². The van der Waals surface area contributed by atoms with E-state index in [4.69, 9.17) is 16.3 Å². The molecular formula is C12H15ClN2O2. The molecule has 0 fully saturated rings. The van der Waals surface area contributed by atoms with E-state index < -0.39 is 11.7 Å². The average Bonchev–Trinajstić information content (AvgIpc) is 2.18. The fourth-order valence-electron chi connectivity index (χ4n) is 1.01. The van der Waals surface area contributed by atoms with E-state index in [1.165, 1.54) is 6.21 Å². The van der Waals surface area contributed by atoms with Crippen LogP contribution < -0.4 is 5.43 Å². The Balaban J connectivity index is 2.45. The highest BCUT2D eigenvalue weighted by Crippen LogP contribution is 2.08. The maximum atomic E-state index is 11.2. The van der Waals surface area contributed by atoms with Gasteiger partial charge < -0.3 is 4.74 Å². The van der Waals surface area contributed by atoms with Crippen LogP contribution in [0.15, 0.2) is 29.4 Å². The number of ether oxygens (including phenoxy) is 1. The van der Waals surface area contributed by atoms with Crippen LogP contribution in [0.5, 0.6) is 0 Å². The fourth-order valence-corrected chi connectivity index (χ4v) is 1.14. The van der Waals surface area contributed by atoms with Crippen LogP contribution in [0.2, 0.25) is 5.02 Å². The summed E-state index contributed by atoms with van der Waals surface area (Å²) in [6.45, 7) is 5.36. The van der Waals surface area contributed by atoms with E-state index in [9.17, 15) is 4.79 Å². The van der Waals surface area contributed by atoms with Crippen molar-refractivity contribution < 1.29 is 9.53 Å². The molecule has 1 rings (SSSR count). The maximum Gasteiger partial charge on any atom is 0.428 e. The van der Waals surface area contributed by atoms with Gasteiger partial charge in [0.25, 0.3) is 0 Å². The van der Waals surface area contributed by atoms with E-state index in [-0.39, 0.29) is 0 Å². The van der Waals surface area contributed by atoms with Gasteiger partial charge in [-0.2, -0.15) is 5.10 Å². The van der Waals surface area contributed by atoms with Gasteiger partial charge in [-0.25, -0.2) is 10.2 Å². The summed E-state index contributed by atoms with van der Waals surface area (Å²) < 4.78 is 5.01. The lowest BCUT2D eigenvalue weighted by molar-refractivity contribution is 0.0529. The minimum absolute atomic E-state index is 0.528. The standard InChI is InChI=1S/C12H15ClN2O2/c1-12(2,3)17-11(16)15-14-8-9-4-6-10(13)7-5-9/h4-8H,1-3H3,(H,15,16)/b14-8+. The minimum atomic E-state index is -0.581. The van der Waals surface area contributed by atoms with E-state index in [2.05, 4.69) is 10.5 Å². The zero-order valence-corrected chi connectivity index (χ0v) is 10.8. The summed E-state index contributed by atoms with van der Waals surface area (Å²) in [6.07, 6.45) is 0.933. The van der Waals surface area contributed by atoms with Crippen LogP contribution in [-0.2, 0) is 4.74 Å². The highest BCUT2D eigenvalue weighted by atomic mass is 35.5. The first kappa shape index (κ1) is 13.5. The molecule has 0 aromatic heterocycles. The highest BCUT2D eigenvalue weighted by Gasteiger charge is 2.15. The van der Waals surface area contributed by atoms with Gasteiger partial charge >= 0.3 is 6.09 Å². The number of amides is 1. The molecule has 1 amide bonds. The predicted molar refractivity (Wildman–Crippen MR) is 68.4 cm³/mol. The normalized spacial score (nSPS) is 11.5. The van der Waals surface area contributed by atoms with Crippen molar-refractivity contribution in [1.29, 1.82) is 0 Å². The Morgan fingerprint density at radius 1 is 1.35 bits per heavy atom. The van der Waals surface area contributed by atoms with Crippen molar-refractivity contribution in [3.63, 3.8) is 0 Å². The lowest BCUT2D eigenvalue weighted by atomic mass is 10.2. The molecule has 0 heterocycles. The molecule has 5 heteroatoms. The molecule has 1 aromatic rings. The smallest absolute Gasteiger partial charge is 0.428 e. The number of hydrogen-bond acceptors (Lipinski definition) is 3. The van der Waals surface area contributed by atoms with E-state index >= 15 is 0 Å². The summed E-state index contributed by atoms with van der Waals surface area (Å²) >= 11 is 5.73. The largest absolute Gasteiger partial charge is 0.443 e. The zero-order valence-electron chi connectivity index (χ0n) is 10.0. The molecule has 0 spiro atoms. The van der Waals surface area contributed by atoms with Gasteiger partial charge in [0.2, 0.25) is 0 Å². The summed E-state index contributed by atoms with van der Waals surface area (Å²) in [7, 11) is 0. The number of carbonyl (C=O) groups excluding carboxylic acids is 1. The van der Waals surface area contributed by atoms with E-state index in [1.807, 2.05) is 0 Å². The number of hydrazone groups is 1. The molecule has 0 unspecified atom stereocenters. The third kappa shape index (κ3) is 5.92. The molecule has 4 nitrogen and oxygen atoms in total. The van der Waals surface area contributed by atoms with Crippen LogP contribution in [0, 0.1) is 0 Å². The number of nitrogens with one attached hydrogen (secondary N) is 1. The van der Waals surface area contributed by atoms with E-state index in [0.29, 0.717) is 5.02 Å². The van der Waals surface area contributed by atoms with Gasteiger partial charge in [0.1, 0.15) is 5.60 Å². The van der Waals surface area contributed by atoms with Gasteiger partial charge in [0.05, 0.1) is 6.21 Å². The summed E-state index contributed by atoms with van der Waals surface area (Å²) in [5.74, 6) is 0. The molecule has 0 aliphatic rings. The molecule has 0 atom stereocenters. The van der Waals surface area contributed by atoms with Gasteiger partial charge in [-0.05, 0) is 38.5 Å². The molecule has 0 aliphatic carbocycles. The lowest BCUT2D eigenvalue weighted by Crippen LogP contribution is -2.29. The highest BCUT2D eigenvalue weighted by molar-refractivity contribution is 6.30. The van der Waals surface area contributed by atoms with Gasteiger partial charge in [0, 0.05) is 5.02 Å². The predicted octanol–water partition coefficient (Wildman–Crippen LogP) is 3.20. The van der Waals surface area contributed by atoms with E-state index in [1.54, 1.807) is 45.0 Å². The van der Waals surface area contributed by atoms with E-state index in [0.717, 1.165) is 5.56 Å². The van der Waals surface area contributed by atoms with Crippen LogP contribution in [-0.4, -0.2) is 17.9 Å². The number of benzene rings is 1. The number of carbonyl (C=O) groups is 1. The van der Waals surface area contributed by atoms with Gasteiger partial charge in [-0.15, -0.1) is 0 Å². The molecular weight excluding hydrogens is 240 g/mol. The molecule has 1 N–H and O–H groups in total. The Morgan fingerprint density at radius 3 is 2.47 bits per heavy atom. The van der Waals surface area contributed by atoms with Crippen LogP contribution >= 0.6 is 11.6 Å². The zero-order chi connectivity index (χ0) is 12.9. The monoisotopic (exact) mass is 254 g/mol. The summed E-state index contributed by atoms with van der Waals surface area (Å²) in [5.41, 5.74) is 2.59. The first-order valence-corrected chi connectivity index (χ1v) is 5.52. The topological polar surface area (TPSA) is 50.7 Å². The van der Waals surface area contributed by atoms with Crippen LogP contribution in [0.4, 0.5) is 4.79 Å². The Hall–Kier alpha value is -1.55. The number of rotatable bonds is 2. The van der Waals surface area contributed by atoms with Crippen LogP contribution in [0.25, 0.3) is 0 Å². The van der Waals surface area contributed by atoms with Crippen molar-refractivity contribution in [3.8, 4) is 0 Å². The Kier molecular flexibility index (Phi) is 4.52. The first-order valence-electron chi connectivity index (χ1n) is 5.14. The summed E-state index contributed by atoms with van der Waals surface area (Å²) in [4.78, 5) is 11.2. The molecule has 0 aliphatic heterocycles. The molecule has 0 saturated heterocycles. The van der Waals surface area contributed by atoms with Crippen molar-refractivity contribution in [2.75, 3.05) is 0 Å². The molecule has 17 heavy (non-hydrogen) atoms. The van der Waals surface area contributed by atoms with Crippen LogP contribution in [0.3, 0.4) is 0 Å². The van der Waals surface area contributed by atoms with Crippen molar-refractivity contribution in [2.24, 2.45) is 5.10 Å². The number of nitrogens with zero attached hydrogens (tertiary/aromatic N) is 1. The molecule has 92 valence electrons. The molecule has 0 bridgehead atoms. The first-order chi connectivity index (χ1) is 7.87. The molecule has 0 radical (unpaired) electrons. The fraction of sp³-hybridized carbons (Fsp3) is 0.333. The van der Waals surface area contributed by atoms with Crippen molar-refractivity contribution in [2.45, 2.75) is 26.4 Å². The number of hydrogen-bond donors (Lipinski definition) is 1. The lowest BCUT2D eigenvalue weighted by Gasteiger charge is -2.18. The average molecular weight is 255 g/mol. The van der Waals surface area contributed by atoms with Crippen LogP contribution in [0.1, 0.15) is 26.3 Å². The Labute approximate surface area is 106 Å². The molecule has 1 aromatic carbocycles. The van der Waals surface area contributed by atoms with Gasteiger partial charge in [-0.3, -0.25) is 0 Å². The second-order valence-corrected chi connectivity index (χ2v) is 4.86. The second-order valence-electron chi connectivity index (χ2n) is 4.42. The number of halogens is 1. The summed E-state index contributed by atoms with van der Waals surface area (Å²) in [5, 5.41) is 4.42. The quantitative estimate of drug-likeness (QED) is 0.651. The van der Waals surface area contributed by atoms with Crippen molar-refractivity contribution in [3.05, 3.63) is 34.9 Å². The Morgan fingerprint density at radius 2 is 1.94 bits per heavy atom. The summed E-state index contributed by atoms with van der Waals surface area (Å²) in [6, 6.07) is 7.08.